The van der Waals surface area contributed by atoms with Gasteiger partial charge in [0.15, 0.2) is 0 Å². The number of nitrogens with two attached hydrogens (primary N) is 2. The van der Waals surface area contributed by atoms with Crippen LogP contribution in [0.25, 0.3) is 0 Å². The summed E-state index contributed by atoms with van der Waals surface area (Å²) in [6.07, 6.45) is 1.65. The standard InChI is InChI=1S/C10H22N4O/c1-13-5-7-14(8-6-13)4-2-3-9(11)10(12)15/h9H,2-8,11H2,1H3,(H2,12,15). The van der Waals surface area contributed by atoms with Gasteiger partial charge in [-0.25, -0.2) is 0 Å². The third kappa shape index (κ3) is 4.59. The minimum absolute atomic E-state index is 0.395. The highest BCUT2D eigenvalue weighted by molar-refractivity contribution is 5.79. The van der Waals surface area contributed by atoms with Gasteiger partial charge < -0.3 is 21.3 Å². The molecule has 0 bridgehead atoms. The van der Waals surface area contributed by atoms with E-state index in [0.29, 0.717) is 6.42 Å². The van der Waals surface area contributed by atoms with Crippen molar-refractivity contribution in [3.8, 4) is 0 Å². The summed E-state index contributed by atoms with van der Waals surface area (Å²) >= 11 is 0. The molecule has 1 aliphatic rings. The number of amides is 1. The van der Waals surface area contributed by atoms with Crippen LogP contribution in [0.4, 0.5) is 0 Å². The number of carbonyl (C=O) groups is 1. The lowest BCUT2D eigenvalue weighted by Gasteiger charge is -2.32. The summed E-state index contributed by atoms with van der Waals surface area (Å²) in [7, 11) is 2.14. The first kappa shape index (κ1) is 12.4. The molecule has 0 saturated carbocycles. The molecule has 0 aromatic rings. The van der Waals surface area contributed by atoms with E-state index in [9.17, 15) is 4.79 Å². The van der Waals surface area contributed by atoms with Gasteiger partial charge in [0.1, 0.15) is 0 Å². The molecule has 0 aromatic carbocycles. The second kappa shape index (κ2) is 6.05. The number of hydrogen-bond donors (Lipinski definition) is 2. The molecule has 1 fully saturated rings. The number of hydrogen-bond acceptors (Lipinski definition) is 4. The predicted molar refractivity (Wildman–Crippen MR) is 60.3 cm³/mol. The van der Waals surface area contributed by atoms with Crippen LogP contribution in [0.3, 0.4) is 0 Å². The predicted octanol–water partition coefficient (Wildman–Crippen LogP) is -1.17. The average Bonchev–Trinajstić information content (AvgIpc) is 2.20. The molecule has 5 nitrogen and oxygen atoms in total. The Kier molecular flexibility index (Phi) is 5.01. The first-order chi connectivity index (χ1) is 7.09. The summed E-state index contributed by atoms with van der Waals surface area (Å²) in [4.78, 5) is 15.4. The van der Waals surface area contributed by atoms with E-state index >= 15 is 0 Å². The largest absolute Gasteiger partial charge is 0.368 e. The smallest absolute Gasteiger partial charge is 0.234 e. The lowest BCUT2D eigenvalue weighted by atomic mass is 10.1. The molecule has 0 spiro atoms. The molecule has 1 aliphatic heterocycles. The summed E-state index contributed by atoms with van der Waals surface area (Å²) in [5, 5.41) is 0. The molecule has 0 radical (unpaired) electrons. The van der Waals surface area contributed by atoms with Gasteiger partial charge in [-0.1, -0.05) is 0 Å². The molecule has 4 N–H and O–H groups in total. The SMILES string of the molecule is CN1CCN(CCCC(N)C(N)=O)CC1. The van der Waals surface area contributed by atoms with Crippen LogP contribution in [0.15, 0.2) is 0 Å². The zero-order chi connectivity index (χ0) is 11.3. The summed E-state index contributed by atoms with van der Waals surface area (Å²) < 4.78 is 0. The van der Waals surface area contributed by atoms with Gasteiger partial charge in [-0.05, 0) is 26.4 Å². The van der Waals surface area contributed by atoms with Crippen molar-refractivity contribution in [2.24, 2.45) is 11.5 Å². The fourth-order valence-corrected chi connectivity index (χ4v) is 1.75. The molecule has 1 rings (SSSR count). The van der Waals surface area contributed by atoms with Crippen LogP contribution in [-0.4, -0.2) is 61.5 Å². The van der Waals surface area contributed by atoms with E-state index in [1.54, 1.807) is 0 Å². The van der Waals surface area contributed by atoms with Crippen molar-refractivity contribution in [3.63, 3.8) is 0 Å². The van der Waals surface area contributed by atoms with Crippen LogP contribution in [0.1, 0.15) is 12.8 Å². The van der Waals surface area contributed by atoms with Gasteiger partial charge in [0.05, 0.1) is 6.04 Å². The monoisotopic (exact) mass is 214 g/mol. The lowest BCUT2D eigenvalue weighted by molar-refractivity contribution is -0.119. The summed E-state index contributed by atoms with van der Waals surface area (Å²) in [5.74, 6) is -0.395. The van der Waals surface area contributed by atoms with E-state index in [0.717, 1.165) is 39.1 Å². The van der Waals surface area contributed by atoms with Crippen molar-refractivity contribution >= 4 is 5.91 Å². The fraction of sp³-hybridized carbons (Fsp3) is 0.900. The Balaban J connectivity index is 2.07. The van der Waals surface area contributed by atoms with Crippen molar-refractivity contribution in [1.29, 1.82) is 0 Å². The molecule has 0 aromatic heterocycles. The Morgan fingerprint density at radius 1 is 1.33 bits per heavy atom. The van der Waals surface area contributed by atoms with Crippen LogP contribution in [0.5, 0.6) is 0 Å². The number of likely N-dealkylation sites (N-methyl/N-ethyl adjacent to an activating group) is 1. The van der Waals surface area contributed by atoms with Gasteiger partial charge in [0.25, 0.3) is 0 Å². The van der Waals surface area contributed by atoms with Gasteiger partial charge in [-0.3, -0.25) is 4.79 Å². The minimum Gasteiger partial charge on any atom is -0.368 e. The molecule has 1 amide bonds. The van der Waals surface area contributed by atoms with Crippen LogP contribution >= 0.6 is 0 Å². The first-order valence-electron chi connectivity index (χ1n) is 5.55. The molecule has 1 saturated heterocycles. The number of primary amides is 1. The van der Waals surface area contributed by atoms with Gasteiger partial charge in [-0.2, -0.15) is 0 Å². The molecule has 15 heavy (non-hydrogen) atoms. The Labute approximate surface area is 91.4 Å². The van der Waals surface area contributed by atoms with Crippen LogP contribution in [0, 0.1) is 0 Å². The third-order valence-electron chi connectivity index (χ3n) is 2.95. The van der Waals surface area contributed by atoms with E-state index in [2.05, 4.69) is 16.8 Å². The van der Waals surface area contributed by atoms with E-state index < -0.39 is 11.9 Å². The van der Waals surface area contributed by atoms with E-state index in [-0.39, 0.29) is 0 Å². The third-order valence-corrected chi connectivity index (χ3v) is 2.95. The fourth-order valence-electron chi connectivity index (χ4n) is 1.75. The van der Waals surface area contributed by atoms with E-state index in [1.807, 2.05) is 0 Å². The van der Waals surface area contributed by atoms with Gasteiger partial charge in [-0.15, -0.1) is 0 Å². The topological polar surface area (TPSA) is 75.6 Å². The van der Waals surface area contributed by atoms with Crippen LogP contribution < -0.4 is 11.5 Å². The number of piperazine rings is 1. The van der Waals surface area contributed by atoms with Crippen molar-refractivity contribution < 1.29 is 4.79 Å². The summed E-state index contributed by atoms with van der Waals surface area (Å²) in [5.41, 5.74) is 10.6. The van der Waals surface area contributed by atoms with Crippen molar-refractivity contribution in [1.82, 2.24) is 9.80 Å². The van der Waals surface area contributed by atoms with Gasteiger partial charge >= 0.3 is 0 Å². The molecule has 1 atom stereocenters. The molecule has 1 unspecified atom stereocenters. The zero-order valence-electron chi connectivity index (χ0n) is 9.48. The van der Waals surface area contributed by atoms with Gasteiger partial charge in [0.2, 0.25) is 5.91 Å². The number of carbonyl (C=O) groups excluding carboxylic acids is 1. The molecule has 5 heteroatoms. The maximum atomic E-state index is 10.7. The number of rotatable bonds is 5. The normalized spacial score (nSPS) is 21.5. The molecule has 1 heterocycles. The lowest BCUT2D eigenvalue weighted by Crippen LogP contribution is -2.45. The Morgan fingerprint density at radius 3 is 2.47 bits per heavy atom. The summed E-state index contributed by atoms with van der Waals surface area (Å²) in [6, 6.07) is -0.475. The van der Waals surface area contributed by atoms with Crippen molar-refractivity contribution in [3.05, 3.63) is 0 Å². The van der Waals surface area contributed by atoms with Crippen LogP contribution in [-0.2, 0) is 4.79 Å². The van der Waals surface area contributed by atoms with Crippen LogP contribution in [0.2, 0.25) is 0 Å². The maximum Gasteiger partial charge on any atom is 0.234 e. The number of nitrogens with zero attached hydrogens (tertiary/aromatic N) is 2. The Morgan fingerprint density at radius 2 is 1.93 bits per heavy atom. The maximum absolute atomic E-state index is 10.7. The summed E-state index contributed by atoms with van der Waals surface area (Å²) in [6.45, 7) is 5.50. The first-order valence-corrected chi connectivity index (χ1v) is 5.55. The molecular formula is C10H22N4O. The van der Waals surface area contributed by atoms with Crippen molar-refractivity contribution in [2.75, 3.05) is 39.8 Å². The second-order valence-electron chi connectivity index (χ2n) is 4.30. The highest BCUT2D eigenvalue weighted by Crippen LogP contribution is 2.02. The van der Waals surface area contributed by atoms with E-state index in [4.69, 9.17) is 11.5 Å². The molecular weight excluding hydrogens is 192 g/mol. The average molecular weight is 214 g/mol. The van der Waals surface area contributed by atoms with Gasteiger partial charge in [0, 0.05) is 26.2 Å². The molecule has 0 aliphatic carbocycles. The highest BCUT2D eigenvalue weighted by Gasteiger charge is 2.14. The Bertz CT molecular complexity index is 202. The Hall–Kier alpha value is -0.650. The quantitative estimate of drug-likeness (QED) is 0.604. The minimum atomic E-state index is -0.475. The van der Waals surface area contributed by atoms with E-state index in [1.165, 1.54) is 0 Å². The van der Waals surface area contributed by atoms with Crippen molar-refractivity contribution in [2.45, 2.75) is 18.9 Å². The zero-order valence-corrected chi connectivity index (χ0v) is 9.48. The second-order valence-corrected chi connectivity index (χ2v) is 4.30. The highest BCUT2D eigenvalue weighted by atomic mass is 16.1. The molecule has 88 valence electrons.